The molecule has 0 saturated heterocycles. The van der Waals surface area contributed by atoms with Gasteiger partial charge in [-0.3, -0.25) is 4.68 Å². The van der Waals surface area contributed by atoms with Gasteiger partial charge in [0.15, 0.2) is 0 Å². The van der Waals surface area contributed by atoms with Crippen molar-refractivity contribution in [2.24, 2.45) is 7.05 Å². The van der Waals surface area contributed by atoms with Crippen LogP contribution in [0.2, 0.25) is 0 Å². The van der Waals surface area contributed by atoms with E-state index in [-0.39, 0.29) is 43.3 Å². The van der Waals surface area contributed by atoms with Crippen molar-refractivity contribution in [1.82, 2.24) is 9.78 Å². The Morgan fingerprint density at radius 2 is 1.74 bits per heavy atom. The topological polar surface area (TPSA) is 41.6 Å². The number of hydrogen-bond acceptors (Lipinski definition) is 2. The van der Waals surface area contributed by atoms with Crippen LogP contribution in [0.3, 0.4) is 0 Å². The van der Waals surface area contributed by atoms with Gasteiger partial charge in [-0.2, -0.15) is 10.4 Å². The summed E-state index contributed by atoms with van der Waals surface area (Å²) in [4.78, 5) is 0. The normalized spacial score (nSPS) is 10.0. The number of nitriles is 1. The molecule has 0 N–H and O–H groups in total. The van der Waals surface area contributed by atoms with Gasteiger partial charge in [-0.05, 0) is 30.3 Å². The predicted octanol–water partition coefficient (Wildman–Crippen LogP) is 2.99. The zero-order chi connectivity index (χ0) is 15.7. The summed E-state index contributed by atoms with van der Waals surface area (Å²) in [7, 11) is 1.70. The summed E-state index contributed by atoms with van der Waals surface area (Å²) in [6, 6.07) is 14.2. The first-order valence-corrected chi connectivity index (χ1v) is 6.58. The molecule has 0 atom stereocenters. The van der Waals surface area contributed by atoms with E-state index in [4.69, 9.17) is 5.26 Å². The standard InChI is InChI=1S/C17H11F2N3.Ca.2H/c1-22-17(14-7-6-13(18)8-15(14)19)9-16(21-22)12-4-2-11(10-20)3-5-12;;;/h2-9H,1H3;;;. The van der Waals surface area contributed by atoms with Gasteiger partial charge in [0.1, 0.15) is 11.6 Å². The van der Waals surface area contributed by atoms with Crippen molar-refractivity contribution in [3.63, 3.8) is 0 Å². The van der Waals surface area contributed by atoms with Gasteiger partial charge in [-0.25, -0.2) is 8.78 Å². The Morgan fingerprint density at radius 1 is 1.04 bits per heavy atom. The van der Waals surface area contributed by atoms with Crippen LogP contribution in [0.5, 0.6) is 0 Å². The number of aromatic nitrogens is 2. The predicted molar refractivity (Wildman–Crippen MR) is 87.3 cm³/mol. The Morgan fingerprint density at radius 3 is 2.35 bits per heavy atom. The van der Waals surface area contributed by atoms with Gasteiger partial charge in [0.05, 0.1) is 23.0 Å². The van der Waals surface area contributed by atoms with Gasteiger partial charge < -0.3 is 0 Å². The maximum atomic E-state index is 13.9. The Balaban J connectivity index is 0.00000192. The van der Waals surface area contributed by atoms with Crippen molar-refractivity contribution in [1.29, 1.82) is 5.26 Å². The summed E-state index contributed by atoms with van der Waals surface area (Å²) in [6.07, 6.45) is 0. The molecule has 3 aromatic rings. The van der Waals surface area contributed by atoms with Gasteiger partial charge in [0.2, 0.25) is 0 Å². The average Bonchev–Trinajstić information content (AvgIpc) is 2.89. The van der Waals surface area contributed by atoms with E-state index in [0.29, 0.717) is 17.0 Å². The van der Waals surface area contributed by atoms with E-state index in [1.165, 1.54) is 12.1 Å². The zero-order valence-corrected chi connectivity index (χ0v) is 11.7. The number of aryl methyl sites for hydroxylation is 1. The Hall–Kier alpha value is -1.74. The molecule has 0 unspecified atom stereocenters. The summed E-state index contributed by atoms with van der Waals surface area (Å²) in [5.41, 5.74) is 2.88. The second-order valence-corrected chi connectivity index (χ2v) is 4.85. The summed E-state index contributed by atoms with van der Waals surface area (Å²) in [5, 5.41) is 13.2. The number of nitrogens with zero attached hydrogens (tertiary/aromatic N) is 3. The second-order valence-electron chi connectivity index (χ2n) is 4.85. The summed E-state index contributed by atoms with van der Waals surface area (Å²) in [6.45, 7) is 0. The van der Waals surface area contributed by atoms with Crippen LogP contribution in [0.15, 0.2) is 48.5 Å². The molecule has 2 aromatic carbocycles. The van der Waals surface area contributed by atoms with Crippen molar-refractivity contribution in [2.45, 2.75) is 0 Å². The van der Waals surface area contributed by atoms with Crippen molar-refractivity contribution in [2.75, 3.05) is 0 Å². The first kappa shape index (κ1) is 17.6. The number of hydrogen-bond donors (Lipinski definition) is 0. The van der Waals surface area contributed by atoms with Crippen molar-refractivity contribution >= 4 is 37.7 Å². The molecule has 0 spiro atoms. The first-order chi connectivity index (χ1) is 10.6. The Labute approximate surface area is 162 Å². The van der Waals surface area contributed by atoms with Crippen molar-refractivity contribution in [3.05, 3.63) is 65.7 Å². The first-order valence-electron chi connectivity index (χ1n) is 6.58. The van der Waals surface area contributed by atoms with E-state index in [1.807, 2.05) is 0 Å². The molecule has 0 aliphatic heterocycles. The molecule has 0 amide bonds. The average molecular weight is 337 g/mol. The van der Waals surface area contributed by atoms with Gasteiger partial charge in [-0.15, -0.1) is 0 Å². The SMILES string of the molecule is Cn1nc(-c2ccc(C#N)cc2)cc1-c1ccc(F)cc1F.[CaH2]. The van der Waals surface area contributed by atoms with E-state index in [9.17, 15) is 8.78 Å². The zero-order valence-electron chi connectivity index (χ0n) is 11.7. The van der Waals surface area contributed by atoms with Gasteiger partial charge in [0, 0.05) is 24.2 Å². The van der Waals surface area contributed by atoms with Crippen LogP contribution in [0.1, 0.15) is 5.56 Å². The van der Waals surface area contributed by atoms with Gasteiger partial charge >= 0.3 is 37.7 Å². The third kappa shape index (κ3) is 3.61. The molecule has 0 bridgehead atoms. The maximum absolute atomic E-state index is 13.9. The van der Waals surface area contributed by atoms with Crippen LogP contribution in [0, 0.1) is 23.0 Å². The number of benzene rings is 2. The minimum atomic E-state index is -0.630. The molecule has 0 fully saturated rings. The monoisotopic (exact) mass is 337 g/mol. The molecule has 3 nitrogen and oxygen atoms in total. The molecule has 0 radical (unpaired) electrons. The molecule has 1 heterocycles. The van der Waals surface area contributed by atoms with Crippen molar-refractivity contribution < 1.29 is 8.78 Å². The third-order valence-corrected chi connectivity index (χ3v) is 3.40. The van der Waals surface area contributed by atoms with Gasteiger partial charge in [-0.1, -0.05) is 12.1 Å². The Kier molecular flexibility index (Phi) is 5.53. The minimum absolute atomic E-state index is 0. The fourth-order valence-electron chi connectivity index (χ4n) is 2.27. The van der Waals surface area contributed by atoms with Crippen LogP contribution >= 0.6 is 0 Å². The molecule has 3 rings (SSSR count). The molecule has 23 heavy (non-hydrogen) atoms. The number of rotatable bonds is 2. The van der Waals surface area contributed by atoms with E-state index in [2.05, 4.69) is 11.2 Å². The fraction of sp³-hybridized carbons (Fsp3) is 0.0588. The second kappa shape index (κ2) is 7.22. The van der Waals surface area contributed by atoms with Crippen LogP contribution in [-0.4, -0.2) is 47.5 Å². The molecule has 0 aliphatic carbocycles. The molecule has 112 valence electrons. The quantitative estimate of drug-likeness (QED) is 0.675. The molecule has 1 aromatic heterocycles. The van der Waals surface area contributed by atoms with Crippen molar-refractivity contribution in [3.8, 4) is 28.6 Å². The van der Waals surface area contributed by atoms with Crippen LogP contribution in [0.4, 0.5) is 8.78 Å². The van der Waals surface area contributed by atoms with Gasteiger partial charge in [0.25, 0.3) is 0 Å². The van der Waals surface area contributed by atoms with Crippen LogP contribution in [-0.2, 0) is 7.05 Å². The summed E-state index contributed by atoms with van der Waals surface area (Å²) < 4.78 is 28.5. The molecule has 6 heteroatoms. The molecular weight excluding hydrogens is 324 g/mol. The van der Waals surface area contributed by atoms with E-state index in [0.717, 1.165) is 11.6 Å². The fourth-order valence-corrected chi connectivity index (χ4v) is 2.27. The van der Waals surface area contributed by atoms with Crippen LogP contribution in [0.25, 0.3) is 22.5 Å². The summed E-state index contributed by atoms with van der Waals surface area (Å²) >= 11 is 0. The molecule has 0 saturated carbocycles. The summed E-state index contributed by atoms with van der Waals surface area (Å²) in [5.74, 6) is -1.25. The van der Waals surface area contributed by atoms with E-state index >= 15 is 0 Å². The van der Waals surface area contributed by atoms with E-state index < -0.39 is 11.6 Å². The van der Waals surface area contributed by atoms with Crippen LogP contribution < -0.4 is 0 Å². The molecular formula is C17H13CaF2N3. The van der Waals surface area contributed by atoms with E-state index in [1.54, 1.807) is 42.1 Å². The number of halogens is 2. The third-order valence-electron chi connectivity index (χ3n) is 3.40. The Bertz CT molecular complexity index is 880. The molecule has 0 aliphatic rings.